The molecule has 3 aromatic carbocycles. The molecule has 0 aliphatic carbocycles. The standard InChI is InChI=1S/C23H26O2/c1-22(2,3)19-11-7-9-17-12-16-8-5-6-10-18(16)21(20(17)19)25-15-23(4)13-24-14-23/h5-12H,13-15H2,1-4H3. The van der Waals surface area contributed by atoms with Gasteiger partial charge in [0.2, 0.25) is 0 Å². The van der Waals surface area contributed by atoms with Crippen molar-refractivity contribution >= 4 is 21.5 Å². The van der Waals surface area contributed by atoms with Crippen LogP contribution in [0.2, 0.25) is 0 Å². The quantitative estimate of drug-likeness (QED) is 0.572. The molecule has 0 spiro atoms. The number of hydrogen-bond acceptors (Lipinski definition) is 2. The summed E-state index contributed by atoms with van der Waals surface area (Å²) in [7, 11) is 0. The maximum atomic E-state index is 6.50. The third-order valence-electron chi connectivity index (χ3n) is 5.11. The molecule has 0 amide bonds. The Morgan fingerprint density at radius 2 is 1.72 bits per heavy atom. The van der Waals surface area contributed by atoms with E-state index < -0.39 is 0 Å². The summed E-state index contributed by atoms with van der Waals surface area (Å²) in [5.41, 5.74) is 1.52. The van der Waals surface area contributed by atoms with Gasteiger partial charge in [-0.2, -0.15) is 0 Å². The molecular weight excluding hydrogens is 308 g/mol. The van der Waals surface area contributed by atoms with Crippen LogP contribution in [0.4, 0.5) is 0 Å². The van der Waals surface area contributed by atoms with Crippen LogP contribution >= 0.6 is 0 Å². The molecule has 2 heteroatoms. The summed E-state index contributed by atoms with van der Waals surface area (Å²) in [6.45, 7) is 11.3. The minimum Gasteiger partial charge on any atom is -0.492 e. The zero-order valence-corrected chi connectivity index (χ0v) is 15.6. The largest absolute Gasteiger partial charge is 0.492 e. The van der Waals surface area contributed by atoms with Gasteiger partial charge < -0.3 is 9.47 Å². The molecule has 1 heterocycles. The van der Waals surface area contributed by atoms with Gasteiger partial charge in [-0.25, -0.2) is 0 Å². The van der Waals surface area contributed by atoms with Gasteiger partial charge in [0.15, 0.2) is 0 Å². The first-order valence-corrected chi connectivity index (χ1v) is 9.03. The molecule has 2 nitrogen and oxygen atoms in total. The molecule has 0 aromatic heterocycles. The number of hydrogen-bond donors (Lipinski definition) is 0. The molecule has 0 radical (unpaired) electrons. The first-order chi connectivity index (χ1) is 11.9. The lowest BCUT2D eigenvalue weighted by atomic mass is 9.82. The molecule has 130 valence electrons. The van der Waals surface area contributed by atoms with E-state index in [0.717, 1.165) is 19.0 Å². The van der Waals surface area contributed by atoms with E-state index in [2.05, 4.69) is 76.2 Å². The fraction of sp³-hybridized carbons (Fsp3) is 0.391. The zero-order valence-electron chi connectivity index (χ0n) is 15.6. The van der Waals surface area contributed by atoms with Crippen molar-refractivity contribution < 1.29 is 9.47 Å². The highest BCUT2D eigenvalue weighted by Gasteiger charge is 2.34. The number of ether oxygens (including phenoxy) is 2. The van der Waals surface area contributed by atoms with Gasteiger partial charge in [-0.15, -0.1) is 0 Å². The Morgan fingerprint density at radius 3 is 2.40 bits per heavy atom. The molecule has 0 atom stereocenters. The van der Waals surface area contributed by atoms with Crippen molar-refractivity contribution in [1.29, 1.82) is 0 Å². The summed E-state index contributed by atoms with van der Waals surface area (Å²) in [5, 5.41) is 4.91. The molecule has 0 saturated carbocycles. The van der Waals surface area contributed by atoms with Crippen molar-refractivity contribution in [2.45, 2.75) is 33.1 Å². The van der Waals surface area contributed by atoms with Crippen molar-refractivity contribution in [3.63, 3.8) is 0 Å². The van der Waals surface area contributed by atoms with Gasteiger partial charge >= 0.3 is 0 Å². The number of fused-ring (bicyclic) bond motifs is 2. The minimum atomic E-state index is 0.0591. The monoisotopic (exact) mass is 334 g/mol. The molecule has 3 aromatic rings. The van der Waals surface area contributed by atoms with Crippen molar-refractivity contribution in [1.82, 2.24) is 0 Å². The predicted molar refractivity (Wildman–Crippen MR) is 105 cm³/mol. The summed E-state index contributed by atoms with van der Waals surface area (Å²) in [6.07, 6.45) is 0. The molecule has 1 aliphatic rings. The summed E-state index contributed by atoms with van der Waals surface area (Å²) in [6, 6.07) is 17.4. The van der Waals surface area contributed by atoms with Crippen LogP contribution in [0, 0.1) is 5.41 Å². The van der Waals surface area contributed by atoms with Crippen LogP contribution in [-0.4, -0.2) is 19.8 Å². The molecule has 0 unspecified atom stereocenters. The molecule has 0 bridgehead atoms. The Bertz CT molecular complexity index is 930. The highest BCUT2D eigenvalue weighted by Crippen LogP contribution is 2.41. The van der Waals surface area contributed by atoms with Crippen LogP contribution < -0.4 is 4.74 Å². The Balaban J connectivity index is 1.96. The van der Waals surface area contributed by atoms with Crippen LogP contribution in [0.25, 0.3) is 21.5 Å². The summed E-state index contributed by atoms with van der Waals surface area (Å²) in [4.78, 5) is 0. The van der Waals surface area contributed by atoms with E-state index in [1.165, 1.54) is 27.1 Å². The zero-order chi connectivity index (χ0) is 17.7. The van der Waals surface area contributed by atoms with E-state index >= 15 is 0 Å². The molecule has 0 N–H and O–H groups in total. The second kappa shape index (κ2) is 5.74. The SMILES string of the molecule is CC1(COc2c3ccccc3cc3cccc(C(C)(C)C)c23)COC1. The van der Waals surface area contributed by atoms with Crippen LogP contribution in [0.5, 0.6) is 5.75 Å². The van der Waals surface area contributed by atoms with E-state index in [-0.39, 0.29) is 10.8 Å². The van der Waals surface area contributed by atoms with E-state index in [4.69, 9.17) is 9.47 Å². The lowest BCUT2D eigenvalue weighted by molar-refractivity contribution is -0.120. The highest BCUT2D eigenvalue weighted by atomic mass is 16.5. The van der Waals surface area contributed by atoms with Gasteiger partial charge in [0.05, 0.1) is 19.8 Å². The lowest BCUT2D eigenvalue weighted by Gasteiger charge is -2.37. The average Bonchev–Trinajstić information content (AvgIpc) is 2.55. The Hall–Kier alpha value is -2.06. The lowest BCUT2D eigenvalue weighted by Crippen LogP contribution is -2.44. The van der Waals surface area contributed by atoms with Crippen molar-refractivity contribution in [2.24, 2.45) is 5.41 Å². The van der Waals surface area contributed by atoms with E-state index in [1.54, 1.807) is 0 Å². The second-order valence-electron chi connectivity index (χ2n) is 8.67. The third-order valence-corrected chi connectivity index (χ3v) is 5.11. The normalized spacial score (nSPS) is 16.8. The smallest absolute Gasteiger partial charge is 0.135 e. The van der Waals surface area contributed by atoms with Gasteiger partial charge in [0, 0.05) is 16.2 Å². The van der Waals surface area contributed by atoms with Crippen LogP contribution in [-0.2, 0) is 10.2 Å². The predicted octanol–water partition coefficient (Wildman–Crippen LogP) is 5.71. The molecule has 25 heavy (non-hydrogen) atoms. The van der Waals surface area contributed by atoms with Gasteiger partial charge in [0.25, 0.3) is 0 Å². The third kappa shape index (κ3) is 2.89. The summed E-state index contributed by atoms with van der Waals surface area (Å²) < 4.78 is 11.9. The van der Waals surface area contributed by atoms with Crippen molar-refractivity contribution in [3.8, 4) is 5.75 Å². The molecule has 1 aliphatic heterocycles. The summed E-state index contributed by atoms with van der Waals surface area (Å²) >= 11 is 0. The average molecular weight is 334 g/mol. The minimum absolute atomic E-state index is 0.0591. The number of benzene rings is 3. The van der Waals surface area contributed by atoms with Crippen LogP contribution in [0.15, 0.2) is 48.5 Å². The topological polar surface area (TPSA) is 18.5 Å². The van der Waals surface area contributed by atoms with E-state index in [0.29, 0.717) is 6.61 Å². The highest BCUT2D eigenvalue weighted by molar-refractivity contribution is 6.07. The fourth-order valence-corrected chi connectivity index (χ4v) is 3.63. The van der Waals surface area contributed by atoms with Crippen LogP contribution in [0.3, 0.4) is 0 Å². The van der Waals surface area contributed by atoms with Gasteiger partial charge in [-0.3, -0.25) is 0 Å². The Labute approximate surface area is 149 Å². The molecule has 1 saturated heterocycles. The van der Waals surface area contributed by atoms with Gasteiger partial charge in [-0.05, 0) is 27.8 Å². The van der Waals surface area contributed by atoms with E-state index in [1.807, 2.05) is 0 Å². The fourth-order valence-electron chi connectivity index (χ4n) is 3.63. The Kier molecular flexibility index (Phi) is 3.77. The Morgan fingerprint density at radius 1 is 1.00 bits per heavy atom. The van der Waals surface area contributed by atoms with Gasteiger partial charge in [-0.1, -0.05) is 70.2 Å². The van der Waals surface area contributed by atoms with Gasteiger partial charge in [0.1, 0.15) is 5.75 Å². The maximum Gasteiger partial charge on any atom is 0.135 e. The molecule has 4 rings (SSSR count). The first kappa shape index (κ1) is 16.4. The van der Waals surface area contributed by atoms with Crippen molar-refractivity contribution in [2.75, 3.05) is 19.8 Å². The van der Waals surface area contributed by atoms with Crippen molar-refractivity contribution in [3.05, 3.63) is 54.1 Å². The summed E-state index contributed by atoms with van der Waals surface area (Å²) in [5.74, 6) is 1.02. The van der Waals surface area contributed by atoms with E-state index in [9.17, 15) is 0 Å². The second-order valence-corrected chi connectivity index (χ2v) is 8.67. The first-order valence-electron chi connectivity index (χ1n) is 9.03. The molecular formula is C23H26O2. The molecule has 1 fully saturated rings. The van der Waals surface area contributed by atoms with Crippen LogP contribution in [0.1, 0.15) is 33.3 Å². The maximum absolute atomic E-state index is 6.50. The number of rotatable bonds is 3.